The summed E-state index contributed by atoms with van der Waals surface area (Å²) in [4.78, 5) is 32.7. The molecule has 1 aromatic heterocycles. The smallest absolute Gasteiger partial charge is 0.407 e. The number of amides is 3. The number of unbranched alkanes of at least 4 members (excludes halogenated alkanes) is 2. The Bertz CT molecular complexity index is 1060. The van der Waals surface area contributed by atoms with Gasteiger partial charge in [0, 0.05) is 14.1 Å². The monoisotopic (exact) mass is 410 g/mol. The molecular formula is C22H28N5O3+. The van der Waals surface area contributed by atoms with Gasteiger partial charge in [-0.2, -0.15) is 4.57 Å². The predicted octanol–water partition coefficient (Wildman–Crippen LogP) is 3.06. The van der Waals surface area contributed by atoms with Crippen LogP contribution in [0.15, 0.2) is 29.3 Å². The van der Waals surface area contributed by atoms with Gasteiger partial charge in [0.05, 0.1) is 6.61 Å². The van der Waals surface area contributed by atoms with Gasteiger partial charge in [-0.25, -0.2) is 9.36 Å². The van der Waals surface area contributed by atoms with Crippen LogP contribution in [0.2, 0.25) is 0 Å². The van der Waals surface area contributed by atoms with Crippen LogP contribution >= 0.6 is 0 Å². The topological polar surface area (TPSA) is 71.0 Å². The number of benzene rings is 1. The molecule has 1 saturated heterocycles. The average molecular weight is 410 g/mol. The number of imidazole rings is 1. The molecule has 4 rings (SSSR count). The molecule has 2 aromatic rings. The van der Waals surface area contributed by atoms with Gasteiger partial charge in [-0.15, -0.1) is 0 Å². The summed E-state index contributed by atoms with van der Waals surface area (Å²) in [7, 11) is 3.16. The van der Waals surface area contributed by atoms with Gasteiger partial charge >= 0.3 is 12.0 Å². The fourth-order valence-electron chi connectivity index (χ4n) is 4.10. The number of aliphatic imine (C=N–C) groups is 1. The fourth-order valence-corrected chi connectivity index (χ4v) is 4.10. The van der Waals surface area contributed by atoms with E-state index in [-0.39, 0.29) is 11.9 Å². The fraction of sp³-hybridized carbons (Fsp3) is 0.455. The number of amidine groups is 1. The first-order chi connectivity index (χ1) is 14.4. The first-order valence-corrected chi connectivity index (χ1v) is 10.4. The van der Waals surface area contributed by atoms with Crippen molar-refractivity contribution < 1.29 is 18.9 Å². The zero-order valence-electron chi connectivity index (χ0n) is 18.2. The number of likely N-dealkylation sites (N-methyl/N-ethyl adjacent to an activating group) is 2. The highest BCUT2D eigenvalue weighted by atomic mass is 16.5. The summed E-state index contributed by atoms with van der Waals surface area (Å²) in [6.07, 6.45) is 3.26. The van der Waals surface area contributed by atoms with E-state index in [1.165, 1.54) is 11.9 Å². The molecule has 158 valence electrons. The van der Waals surface area contributed by atoms with Gasteiger partial charge in [0.2, 0.25) is 11.9 Å². The van der Waals surface area contributed by atoms with Crippen LogP contribution < -0.4 is 9.30 Å². The predicted molar refractivity (Wildman–Crippen MR) is 113 cm³/mol. The summed E-state index contributed by atoms with van der Waals surface area (Å²) < 4.78 is 10.0. The number of nitrogens with zero attached hydrogens (tertiary/aromatic N) is 5. The lowest BCUT2D eigenvalue weighted by Gasteiger charge is -2.30. The van der Waals surface area contributed by atoms with Crippen LogP contribution in [0.3, 0.4) is 0 Å². The summed E-state index contributed by atoms with van der Waals surface area (Å²) >= 11 is 0. The number of ether oxygens (including phenoxy) is 1. The minimum absolute atomic E-state index is 0.273. The van der Waals surface area contributed by atoms with E-state index in [2.05, 4.69) is 6.92 Å². The third-order valence-electron chi connectivity index (χ3n) is 5.95. The first kappa shape index (κ1) is 20.1. The summed E-state index contributed by atoms with van der Waals surface area (Å²) in [6, 6.07) is 6.86. The van der Waals surface area contributed by atoms with Gasteiger partial charge in [0.25, 0.3) is 5.91 Å². The molecule has 8 nitrogen and oxygen atoms in total. The normalized spacial score (nSPS) is 17.9. The summed E-state index contributed by atoms with van der Waals surface area (Å²) in [5.41, 5.74) is 2.78. The van der Waals surface area contributed by atoms with Gasteiger partial charge in [0.1, 0.15) is 17.1 Å². The number of hydrogen-bond donors (Lipinski definition) is 0. The standard InChI is InChI=1S/C22H28N5O3/c1-6-7-10-13-30-17-12-9-8-11-16(17)26-14(2)15(3)27-18-19(23-21(26)27)24(4)22(29)25(5)20(18)28/h8-9,11-12,18H,6-7,10,13H2,1-5H3/q+1. The van der Waals surface area contributed by atoms with E-state index in [0.29, 0.717) is 18.4 Å². The maximum Gasteiger partial charge on any atom is 0.407 e. The highest BCUT2D eigenvalue weighted by Crippen LogP contribution is 2.35. The van der Waals surface area contributed by atoms with Gasteiger partial charge in [0.15, 0.2) is 5.75 Å². The minimum Gasteiger partial charge on any atom is -0.490 e. The molecule has 1 aromatic carbocycles. The van der Waals surface area contributed by atoms with E-state index in [1.807, 2.05) is 47.2 Å². The molecule has 2 aliphatic heterocycles. The van der Waals surface area contributed by atoms with E-state index in [9.17, 15) is 9.59 Å². The van der Waals surface area contributed by atoms with Crippen molar-refractivity contribution in [3.8, 4) is 11.4 Å². The Morgan fingerprint density at radius 2 is 1.83 bits per heavy atom. The largest absolute Gasteiger partial charge is 0.490 e. The molecule has 30 heavy (non-hydrogen) atoms. The quantitative estimate of drug-likeness (QED) is 0.543. The lowest BCUT2D eigenvalue weighted by Crippen LogP contribution is -2.62. The van der Waals surface area contributed by atoms with Crippen molar-refractivity contribution in [1.82, 2.24) is 14.4 Å². The number of urea groups is 1. The molecule has 0 spiro atoms. The molecule has 1 atom stereocenters. The second-order valence-corrected chi connectivity index (χ2v) is 7.81. The van der Waals surface area contributed by atoms with Crippen molar-refractivity contribution in [1.29, 1.82) is 0 Å². The van der Waals surface area contributed by atoms with E-state index >= 15 is 0 Å². The Balaban J connectivity index is 1.82. The zero-order valence-corrected chi connectivity index (χ0v) is 18.2. The summed E-state index contributed by atoms with van der Waals surface area (Å²) in [5.74, 6) is 1.58. The van der Waals surface area contributed by atoms with Crippen molar-refractivity contribution in [3.63, 3.8) is 0 Å². The highest BCUT2D eigenvalue weighted by Gasteiger charge is 2.53. The molecule has 1 fully saturated rings. The Kier molecular flexibility index (Phi) is 5.09. The van der Waals surface area contributed by atoms with Crippen LogP contribution in [0.5, 0.6) is 5.75 Å². The van der Waals surface area contributed by atoms with E-state index in [1.54, 1.807) is 7.05 Å². The number of hydrogen-bond acceptors (Lipinski definition) is 4. The molecule has 0 saturated carbocycles. The van der Waals surface area contributed by atoms with Crippen molar-refractivity contribution in [2.24, 2.45) is 4.99 Å². The number of fused-ring (bicyclic) bond motifs is 3. The van der Waals surface area contributed by atoms with Crippen molar-refractivity contribution >= 4 is 23.7 Å². The summed E-state index contributed by atoms with van der Waals surface area (Å²) in [5, 5.41) is 0. The van der Waals surface area contributed by atoms with Crippen molar-refractivity contribution in [2.45, 2.75) is 46.1 Å². The van der Waals surface area contributed by atoms with Crippen LogP contribution in [0.4, 0.5) is 10.7 Å². The lowest BCUT2D eigenvalue weighted by atomic mass is 10.1. The number of carbonyl (C=O) groups is 2. The van der Waals surface area contributed by atoms with E-state index < -0.39 is 6.04 Å². The number of aromatic nitrogens is 2. The van der Waals surface area contributed by atoms with E-state index in [0.717, 1.165) is 47.0 Å². The third kappa shape index (κ3) is 2.89. The number of rotatable bonds is 6. The third-order valence-corrected chi connectivity index (χ3v) is 5.95. The first-order valence-electron chi connectivity index (χ1n) is 10.4. The molecule has 0 N–H and O–H groups in total. The number of para-hydroxylation sites is 2. The second kappa shape index (κ2) is 7.59. The number of carbonyl (C=O) groups excluding carboxylic acids is 2. The molecule has 8 heteroatoms. The molecule has 3 heterocycles. The molecule has 0 aliphatic carbocycles. The van der Waals surface area contributed by atoms with Crippen LogP contribution in [0, 0.1) is 13.8 Å². The summed E-state index contributed by atoms with van der Waals surface area (Å²) in [6.45, 7) is 6.80. The Morgan fingerprint density at radius 3 is 2.57 bits per heavy atom. The van der Waals surface area contributed by atoms with Gasteiger partial charge in [-0.1, -0.05) is 36.9 Å². The van der Waals surface area contributed by atoms with Crippen molar-refractivity contribution in [3.05, 3.63) is 35.7 Å². The van der Waals surface area contributed by atoms with E-state index in [4.69, 9.17) is 9.73 Å². The zero-order chi connectivity index (χ0) is 21.6. The lowest BCUT2D eigenvalue weighted by molar-refractivity contribution is -0.682. The maximum atomic E-state index is 12.9. The van der Waals surface area contributed by atoms with Crippen molar-refractivity contribution in [2.75, 3.05) is 20.7 Å². The average Bonchev–Trinajstić information content (AvgIpc) is 3.24. The minimum atomic E-state index is -0.634. The SMILES string of the molecule is CCCCCOc1ccccc1-n1c(C)c(C)[n+]2c1N=C1C2C(=O)N(C)C(=O)N1C. The van der Waals surface area contributed by atoms with Crippen LogP contribution in [0.1, 0.15) is 43.6 Å². The molecular weight excluding hydrogens is 382 g/mol. The maximum absolute atomic E-state index is 12.9. The number of imide groups is 1. The molecule has 0 radical (unpaired) electrons. The molecule has 0 bridgehead atoms. The van der Waals surface area contributed by atoms with Crippen LogP contribution in [-0.4, -0.2) is 52.8 Å². The Labute approximate surface area is 176 Å². The van der Waals surface area contributed by atoms with Crippen LogP contribution in [0.25, 0.3) is 5.69 Å². The van der Waals surface area contributed by atoms with Crippen LogP contribution in [-0.2, 0) is 4.79 Å². The van der Waals surface area contributed by atoms with Gasteiger partial charge in [-0.05, 0) is 32.4 Å². The highest BCUT2D eigenvalue weighted by molar-refractivity contribution is 6.18. The Morgan fingerprint density at radius 1 is 1.10 bits per heavy atom. The van der Waals surface area contributed by atoms with Gasteiger partial charge < -0.3 is 4.74 Å². The Hall–Kier alpha value is -3.16. The molecule has 3 amide bonds. The molecule has 2 aliphatic rings. The van der Waals surface area contributed by atoms with Gasteiger partial charge in [-0.3, -0.25) is 14.6 Å². The second-order valence-electron chi connectivity index (χ2n) is 7.81. The molecule has 1 unspecified atom stereocenters.